The predicted octanol–water partition coefficient (Wildman–Crippen LogP) is 9.93. The number of carbonyl (C=O) groups excluding carboxylic acids is 3. The van der Waals surface area contributed by atoms with Gasteiger partial charge in [0.2, 0.25) is 17.7 Å². The Balaban J connectivity index is 1.86. The van der Waals surface area contributed by atoms with Crippen LogP contribution in [0.5, 0.6) is 0 Å². The lowest BCUT2D eigenvalue weighted by Gasteiger charge is -2.33. The lowest BCUT2D eigenvalue weighted by atomic mass is 9.72. The molecule has 0 fully saturated rings. The summed E-state index contributed by atoms with van der Waals surface area (Å²) in [6.07, 6.45) is 32.5. The van der Waals surface area contributed by atoms with E-state index in [1.807, 2.05) is 50.3 Å². The molecule has 0 aliphatic heterocycles. The fraction of sp³-hybridized carbons (Fsp3) is 0.521. The van der Waals surface area contributed by atoms with Crippen LogP contribution in [0.15, 0.2) is 117 Å². The lowest BCUT2D eigenvalue weighted by molar-refractivity contribution is -0.127. The van der Waals surface area contributed by atoms with Crippen molar-refractivity contribution in [1.82, 2.24) is 16.0 Å². The number of aliphatic hydroxyl groups excluding tert-OH is 1. The predicted molar refractivity (Wildman–Crippen MR) is 231 cm³/mol. The van der Waals surface area contributed by atoms with Crippen molar-refractivity contribution in [3.05, 3.63) is 117 Å². The van der Waals surface area contributed by atoms with E-state index in [0.717, 1.165) is 28.7 Å². The molecule has 3 amide bonds. The molecule has 0 aromatic rings. The maximum absolute atomic E-state index is 12.9. The minimum absolute atomic E-state index is 0.107. The van der Waals surface area contributed by atoms with Gasteiger partial charge in [0.05, 0.1) is 6.61 Å². The Bertz CT molecular complexity index is 1650. The van der Waals surface area contributed by atoms with E-state index in [0.29, 0.717) is 25.8 Å². The summed E-state index contributed by atoms with van der Waals surface area (Å²) in [5, 5.41) is 17.6. The molecule has 1 atom stereocenters. The number of nitrogens with one attached hydrogen (secondary N) is 3. The first kappa shape index (κ1) is 46.9. The zero-order chi connectivity index (χ0) is 41.0. The van der Waals surface area contributed by atoms with Gasteiger partial charge in [-0.2, -0.15) is 0 Å². The molecule has 7 heteroatoms. The number of aliphatic hydroxyl groups is 1. The van der Waals surface area contributed by atoms with Crippen molar-refractivity contribution >= 4 is 17.7 Å². The van der Waals surface area contributed by atoms with Crippen LogP contribution in [0.3, 0.4) is 0 Å². The third-order valence-corrected chi connectivity index (χ3v) is 10.5. The van der Waals surface area contributed by atoms with Crippen molar-refractivity contribution in [2.45, 2.75) is 133 Å². The summed E-state index contributed by atoms with van der Waals surface area (Å²) >= 11 is 0. The highest BCUT2D eigenvalue weighted by molar-refractivity contribution is 5.93. The number of hydrogen-bond donors (Lipinski definition) is 4. The standard InChI is InChI=1S/C48H71N3O4/c1-35(24-26-41-39(5)21-15-28-47(41,7)8)17-13-19-37(3)33-44(53)49-30-12-11-23-43(46(55)50-31-32-52)51-45(54)34-38(4)20-14-18-36(2)25-27-42-40(6)22-16-29-48(42,9)10/h13-14,17-20,24-27,33-34,43,52H,11-12,15-16,21-23,28-32H2,1-10H3,(H,49,53)(H,50,55)(H,51,54)/b19-13+,20-14+,26-24+,27-25+,35-17+,36-18+,37-33+,38-34+. The Hall–Kier alpha value is -4.23. The van der Waals surface area contributed by atoms with E-state index in [9.17, 15) is 19.5 Å². The fourth-order valence-electron chi connectivity index (χ4n) is 7.30. The Labute approximate surface area is 333 Å². The number of unbranched alkanes of at least 4 members (excludes halogenated alkanes) is 1. The Kier molecular flexibility index (Phi) is 20.2. The van der Waals surface area contributed by atoms with Crippen molar-refractivity contribution in [2.75, 3.05) is 19.7 Å². The third kappa shape index (κ3) is 17.8. The number of carbonyl (C=O) groups is 3. The van der Waals surface area contributed by atoms with Crippen molar-refractivity contribution in [3.63, 3.8) is 0 Å². The van der Waals surface area contributed by atoms with Crippen LogP contribution < -0.4 is 16.0 Å². The van der Waals surface area contributed by atoms with Crippen LogP contribution in [0.1, 0.15) is 127 Å². The van der Waals surface area contributed by atoms with Gasteiger partial charge in [0, 0.05) is 25.2 Å². The van der Waals surface area contributed by atoms with Gasteiger partial charge in [-0.3, -0.25) is 14.4 Å². The largest absolute Gasteiger partial charge is 0.395 e. The molecule has 2 aliphatic rings. The highest BCUT2D eigenvalue weighted by atomic mass is 16.3. The smallest absolute Gasteiger partial charge is 0.244 e. The highest BCUT2D eigenvalue weighted by Gasteiger charge is 2.27. The Morgan fingerprint density at radius 1 is 0.673 bits per heavy atom. The second-order valence-corrected chi connectivity index (χ2v) is 16.7. The van der Waals surface area contributed by atoms with Crippen LogP contribution in [0.4, 0.5) is 0 Å². The molecule has 0 aromatic heterocycles. The number of amides is 3. The molecular weight excluding hydrogens is 683 g/mol. The number of allylic oxidation sites excluding steroid dienone is 18. The first-order valence-corrected chi connectivity index (χ1v) is 20.2. The lowest BCUT2D eigenvalue weighted by Crippen LogP contribution is -2.47. The van der Waals surface area contributed by atoms with Gasteiger partial charge in [-0.05, 0) is 132 Å². The minimum Gasteiger partial charge on any atom is -0.395 e. The van der Waals surface area contributed by atoms with Gasteiger partial charge < -0.3 is 21.1 Å². The Morgan fingerprint density at radius 2 is 1.16 bits per heavy atom. The molecule has 0 aromatic carbocycles. The zero-order valence-corrected chi connectivity index (χ0v) is 35.7. The van der Waals surface area contributed by atoms with Crippen molar-refractivity contribution < 1.29 is 19.5 Å². The molecule has 0 spiro atoms. The van der Waals surface area contributed by atoms with Gasteiger partial charge in [0.15, 0.2) is 0 Å². The molecule has 1 unspecified atom stereocenters. The number of hydrogen-bond acceptors (Lipinski definition) is 4. The molecule has 4 N–H and O–H groups in total. The normalized spacial score (nSPS) is 19.3. The van der Waals surface area contributed by atoms with Crippen molar-refractivity contribution in [3.8, 4) is 0 Å². The second kappa shape index (κ2) is 23.6. The topological polar surface area (TPSA) is 108 Å². The second-order valence-electron chi connectivity index (χ2n) is 16.7. The summed E-state index contributed by atoms with van der Waals surface area (Å²) in [7, 11) is 0. The SMILES string of the molecule is CC1=C(/C=C/C(C)=C/C=C/C(C)=C/C(=O)NCCCCC(NC(=O)/C=C(C)/C=C/C=C(C)/C=C/C2=C(C)CCCC2(C)C)C(=O)NCCO)C(C)(C)CCC1. The van der Waals surface area contributed by atoms with E-state index in [2.05, 4.69) is 95.6 Å². The molecule has 0 bridgehead atoms. The third-order valence-electron chi connectivity index (χ3n) is 10.5. The minimum atomic E-state index is -0.759. The summed E-state index contributed by atoms with van der Waals surface area (Å²) in [4.78, 5) is 38.2. The number of rotatable bonds is 19. The molecule has 2 aliphatic carbocycles. The van der Waals surface area contributed by atoms with Gasteiger partial charge in [-0.1, -0.05) is 111 Å². The molecule has 0 radical (unpaired) electrons. The monoisotopic (exact) mass is 754 g/mol. The summed E-state index contributed by atoms with van der Waals surface area (Å²) < 4.78 is 0. The summed E-state index contributed by atoms with van der Waals surface area (Å²) in [5.74, 6) is -0.886. The van der Waals surface area contributed by atoms with Gasteiger partial charge in [0.25, 0.3) is 0 Å². The van der Waals surface area contributed by atoms with E-state index >= 15 is 0 Å². The quantitative estimate of drug-likeness (QED) is 0.0599. The van der Waals surface area contributed by atoms with Gasteiger partial charge in [-0.25, -0.2) is 0 Å². The average molecular weight is 754 g/mol. The van der Waals surface area contributed by atoms with Gasteiger partial charge in [0.1, 0.15) is 6.04 Å². The van der Waals surface area contributed by atoms with E-state index in [1.165, 1.54) is 60.5 Å². The van der Waals surface area contributed by atoms with Gasteiger partial charge in [-0.15, -0.1) is 0 Å². The molecule has 0 saturated heterocycles. The summed E-state index contributed by atoms with van der Waals surface area (Å²) in [6.45, 7) is 22.0. The zero-order valence-electron chi connectivity index (χ0n) is 35.7. The molecule has 55 heavy (non-hydrogen) atoms. The molecule has 2 rings (SSSR count). The van der Waals surface area contributed by atoms with E-state index in [1.54, 1.807) is 6.08 Å². The molecule has 7 nitrogen and oxygen atoms in total. The average Bonchev–Trinajstić information content (AvgIpc) is 3.08. The molecule has 0 saturated carbocycles. The van der Waals surface area contributed by atoms with Crippen molar-refractivity contribution in [1.29, 1.82) is 0 Å². The molecular formula is C48H71N3O4. The van der Waals surface area contributed by atoms with Crippen LogP contribution in [-0.2, 0) is 14.4 Å². The van der Waals surface area contributed by atoms with Gasteiger partial charge >= 0.3 is 0 Å². The van der Waals surface area contributed by atoms with Crippen LogP contribution >= 0.6 is 0 Å². The summed E-state index contributed by atoms with van der Waals surface area (Å²) in [6, 6.07) is -0.759. The van der Waals surface area contributed by atoms with Crippen LogP contribution in [0.25, 0.3) is 0 Å². The fourth-order valence-corrected chi connectivity index (χ4v) is 7.30. The van der Waals surface area contributed by atoms with E-state index < -0.39 is 6.04 Å². The Morgan fingerprint density at radius 3 is 1.64 bits per heavy atom. The maximum Gasteiger partial charge on any atom is 0.244 e. The highest BCUT2D eigenvalue weighted by Crippen LogP contribution is 2.41. The van der Waals surface area contributed by atoms with Crippen LogP contribution in [0, 0.1) is 10.8 Å². The van der Waals surface area contributed by atoms with E-state index in [4.69, 9.17) is 0 Å². The maximum atomic E-state index is 12.9. The molecule has 302 valence electrons. The van der Waals surface area contributed by atoms with Crippen molar-refractivity contribution in [2.24, 2.45) is 10.8 Å². The first-order chi connectivity index (χ1) is 25.9. The van der Waals surface area contributed by atoms with Crippen LogP contribution in [-0.4, -0.2) is 48.6 Å². The van der Waals surface area contributed by atoms with E-state index in [-0.39, 0.29) is 41.7 Å². The summed E-state index contributed by atoms with van der Waals surface area (Å²) in [5.41, 5.74) is 10.1. The molecule has 0 heterocycles. The first-order valence-electron chi connectivity index (χ1n) is 20.2. The van der Waals surface area contributed by atoms with Crippen LogP contribution in [0.2, 0.25) is 0 Å².